The van der Waals surface area contributed by atoms with Crippen LogP contribution < -0.4 is 15.2 Å². The first-order valence-electron chi connectivity index (χ1n) is 8.28. The molecule has 6 heteroatoms. The van der Waals surface area contributed by atoms with Gasteiger partial charge in [-0.15, -0.1) is 0 Å². The molecule has 0 spiro atoms. The first-order valence-corrected chi connectivity index (χ1v) is 8.28. The van der Waals surface area contributed by atoms with Crippen LogP contribution in [0.3, 0.4) is 0 Å². The number of para-hydroxylation sites is 2. The summed E-state index contributed by atoms with van der Waals surface area (Å²) in [5.41, 5.74) is 2.61. The van der Waals surface area contributed by atoms with Gasteiger partial charge >= 0.3 is 0 Å². The lowest BCUT2D eigenvalue weighted by Gasteiger charge is -2.20. The third-order valence-electron chi connectivity index (χ3n) is 4.17. The van der Waals surface area contributed by atoms with Crippen molar-refractivity contribution in [3.8, 4) is 5.75 Å². The van der Waals surface area contributed by atoms with Crippen LogP contribution in [0.15, 0.2) is 54.7 Å². The van der Waals surface area contributed by atoms with Crippen molar-refractivity contribution < 1.29 is 19.4 Å². The standard InChI is InChI=1S/C20H20N2O4/c1-13-6-2-5-9-18(13)26-12-19(23)22-17(20(24)25)10-14-11-21-16-8-4-3-7-15(14)16/h2-9,11,17,21H,10,12H2,1H3,(H,22,23)(H,24,25)/p-1/t17-/m0/s1. The number of fused-ring (bicyclic) bond motifs is 1. The second-order valence-electron chi connectivity index (χ2n) is 6.06. The van der Waals surface area contributed by atoms with Gasteiger partial charge in [-0.1, -0.05) is 36.4 Å². The molecule has 134 valence electrons. The van der Waals surface area contributed by atoms with E-state index in [1.54, 1.807) is 18.3 Å². The molecule has 6 nitrogen and oxygen atoms in total. The quantitative estimate of drug-likeness (QED) is 0.671. The number of carbonyl (C=O) groups excluding carboxylic acids is 2. The molecule has 2 aromatic carbocycles. The van der Waals surface area contributed by atoms with Crippen LogP contribution in [0.2, 0.25) is 0 Å². The van der Waals surface area contributed by atoms with Gasteiger partial charge in [-0.05, 0) is 30.2 Å². The van der Waals surface area contributed by atoms with Crippen molar-refractivity contribution >= 4 is 22.8 Å². The number of rotatable bonds is 7. The molecule has 0 saturated heterocycles. The second-order valence-corrected chi connectivity index (χ2v) is 6.06. The van der Waals surface area contributed by atoms with Gasteiger partial charge in [0.2, 0.25) is 0 Å². The van der Waals surface area contributed by atoms with E-state index in [1.165, 1.54) is 0 Å². The van der Waals surface area contributed by atoms with E-state index in [1.807, 2.05) is 43.3 Å². The van der Waals surface area contributed by atoms with Gasteiger partial charge in [0, 0.05) is 23.5 Å². The smallest absolute Gasteiger partial charge is 0.258 e. The molecule has 0 fully saturated rings. The van der Waals surface area contributed by atoms with Crippen molar-refractivity contribution in [1.29, 1.82) is 0 Å². The van der Waals surface area contributed by atoms with Crippen molar-refractivity contribution in [1.82, 2.24) is 10.3 Å². The molecule has 0 aliphatic carbocycles. The molecular formula is C20H19N2O4-. The van der Waals surface area contributed by atoms with E-state index >= 15 is 0 Å². The minimum atomic E-state index is -1.33. The summed E-state index contributed by atoms with van der Waals surface area (Å²) >= 11 is 0. The van der Waals surface area contributed by atoms with Crippen LogP contribution >= 0.6 is 0 Å². The molecule has 1 amide bonds. The number of amides is 1. The second kappa shape index (κ2) is 7.74. The minimum absolute atomic E-state index is 0.127. The molecule has 1 atom stereocenters. The Morgan fingerprint density at radius 2 is 1.88 bits per heavy atom. The fraction of sp³-hybridized carbons (Fsp3) is 0.200. The average molecular weight is 351 g/mol. The lowest BCUT2D eigenvalue weighted by atomic mass is 10.1. The molecule has 0 saturated carbocycles. The Morgan fingerprint density at radius 1 is 1.15 bits per heavy atom. The van der Waals surface area contributed by atoms with Crippen molar-refractivity contribution in [2.24, 2.45) is 0 Å². The van der Waals surface area contributed by atoms with Gasteiger partial charge in [0.05, 0.1) is 12.0 Å². The van der Waals surface area contributed by atoms with Crippen LogP contribution in [0.1, 0.15) is 11.1 Å². The van der Waals surface area contributed by atoms with Crippen molar-refractivity contribution in [2.75, 3.05) is 6.61 Å². The molecular weight excluding hydrogens is 332 g/mol. The van der Waals surface area contributed by atoms with Crippen LogP contribution in [0, 0.1) is 6.92 Å². The third-order valence-corrected chi connectivity index (χ3v) is 4.17. The predicted octanol–water partition coefficient (Wildman–Crippen LogP) is 1.33. The Labute approximate surface area is 150 Å². The number of carboxylic acid groups (broad SMARTS) is 1. The number of benzene rings is 2. The number of carbonyl (C=O) groups is 2. The summed E-state index contributed by atoms with van der Waals surface area (Å²) in [6, 6.07) is 13.7. The number of aliphatic carboxylic acids is 1. The van der Waals surface area contributed by atoms with Crippen molar-refractivity contribution in [2.45, 2.75) is 19.4 Å². The number of nitrogens with one attached hydrogen (secondary N) is 2. The number of aromatic nitrogens is 1. The fourth-order valence-corrected chi connectivity index (χ4v) is 2.81. The van der Waals surface area contributed by atoms with Gasteiger partial charge in [0.15, 0.2) is 6.61 Å². The minimum Gasteiger partial charge on any atom is -0.548 e. The van der Waals surface area contributed by atoms with E-state index in [0.29, 0.717) is 5.75 Å². The van der Waals surface area contributed by atoms with Gasteiger partial charge in [-0.3, -0.25) is 4.79 Å². The Kier molecular flexibility index (Phi) is 5.22. The van der Waals surface area contributed by atoms with E-state index in [9.17, 15) is 14.7 Å². The Hall–Kier alpha value is -3.28. The van der Waals surface area contributed by atoms with E-state index in [0.717, 1.165) is 22.0 Å². The summed E-state index contributed by atoms with van der Waals surface area (Å²) in [6.45, 7) is 1.61. The number of carboxylic acids is 1. The maximum atomic E-state index is 12.1. The van der Waals surface area contributed by atoms with Crippen LogP contribution in [-0.2, 0) is 16.0 Å². The summed E-state index contributed by atoms with van der Waals surface area (Å²) in [4.78, 5) is 26.6. The molecule has 0 aliphatic heterocycles. The van der Waals surface area contributed by atoms with Crippen LogP contribution in [0.4, 0.5) is 0 Å². The first kappa shape index (κ1) is 17.5. The summed E-state index contributed by atoms with van der Waals surface area (Å²) in [5, 5.41) is 14.8. The number of hydrogen-bond acceptors (Lipinski definition) is 4. The van der Waals surface area contributed by atoms with Gasteiger partial charge in [0.1, 0.15) is 5.75 Å². The van der Waals surface area contributed by atoms with E-state index < -0.39 is 17.9 Å². The Balaban J connectivity index is 1.64. The molecule has 0 bridgehead atoms. The molecule has 3 aromatic rings. The summed E-state index contributed by atoms with van der Waals surface area (Å²) in [6.07, 6.45) is 1.87. The molecule has 0 aliphatic rings. The molecule has 3 rings (SSSR count). The number of aryl methyl sites for hydroxylation is 1. The van der Waals surface area contributed by atoms with Crippen LogP contribution in [-0.4, -0.2) is 29.5 Å². The van der Waals surface area contributed by atoms with Gasteiger partial charge in [-0.2, -0.15) is 0 Å². The SMILES string of the molecule is Cc1ccccc1OCC(=O)N[C@@H](Cc1c[nH]c2ccccc12)C(=O)[O-]. The zero-order valence-corrected chi connectivity index (χ0v) is 14.3. The monoisotopic (exact) mass is 351 g/mol. The molecule has 1 heterocycles. The van der Waals surface area contributed by atoms with E-state index in [4.69, 9.17) is 4.74 Å². The summed E-state index contributed by atoms with van der Waals surface area (Å²) < 4.78 is 5.45. The number of H-pyrrole nitrogens is 1. The normalized spacial score (nSPS) is 11.9. The zero-order valence-electron chi connectivity index (χ0n) is 14.3. The number of ether oxygens (including phenoxy) is 1. The summed E-state index contributed by atoms with van der Waals surface area (Å²) in [5.74, 6) is -1.26. The third kappa shape index (κ3) is 4.03. The topological polar surface area (TPSA) is 94.2 Å². The molecule has 0 radical (unpaired) electrons. The molecule has 0 unspecified atom stereocenters. The summed E-state index contributed by atoms with van der Waals surface area (Å²) in [7, 11) is 0. The van der Waals surface area contributed by atoms with Crippen molar-refractivity contribution in [3.05, 3.63) is 65.9 Å². The number of hydrogen-bond donors (Lipinski definition) is 2. The van der Waals surface area contributed by atoms with E-state index in [-0.39, 0.29) is 13.0 Å². The Morgan fingerprint density at radius 3 is 2.65 bits per heavy atom. The first-order chi connectivity index (χ1) is 12.5. The lowest BCUT2D eigenvalue weighted by molar-refractivity contribution is -0.308. The maximum absolute atomic E-state index is 12.1. The largest absolute Gasteiger partial charge is 0.548 e. The number of aromatic amines is 1. The Bertz CT molecular complexity index is 932. The maximum Gasteiger partial charge on any atom is 0.258 e. The van der Waals surface area contributed by atoms with E-state index in [2.05, 4.69) is 10.3 Å². The predicted molar refractivity (Wildman–Crippen MR) is 95.6 cm³/mol. The highest BCUT2D eigenvalue weighted by atomic mass is 16.5. The van der Waals surface area contributed by atoms with Crippen LogP contribution in [0.5, 0.6) is 5.75 Å². The van der Waals surface area contributed by atoms with Gasteiger partial charge in [0.25, 0.3) is 5.91 Å². The lowest BCUT2D eigenvalue weighted by Crippen LogP contribution is -2.50. The molecule has 2 N–H and O–H groups in total. The van der Waals surface area contributed by atoms with Gasteiger partial charge < -0.3 is 24.9 Å². The fourth-order valence-electron chi connectivity index (χ4n) is 2.81. The molecule has 26 heavy (non-hydrogen) atoms. The molecule has 1 aromatic heterocycles. The van der Waals surface area contributed by atoms with Crippen LogP contribution in [0.25, 0.3) is 10.9 Å². The van der Waals surface area contributed by atoms with Crippen molar-refractivity contribution in [3.63, 3.8) is 0 Å². The highest BCUT2D eigenvalue weighted by Crippen LogP contribution is 2.19. The average Bonchev–Trinajstić information content (AvgIpc) is 3.03. The zero-order chi connectivity index (χ0) is 18.5. The van der Waals surface area contributed by atoms with Gasteiger partial charge in [-0.25, -0.2) is 0 Å². The highest BCUT2D eigenvalue weighted by Gasteiger charge is 2.17. The highest BCUT2D eigenvalue weighted by molar-refractivity contribution is 5.86.